The molecule has 1 aliphatic rings. The first kappa shape index (κ1) is 21.5. The first-order chi connectivity index (χ1) is 14.9. The van der Waals surface area contributed by atoms with Gasteiger partial charge in [-0.25, -0.2) is 15.0 Å². The Morgan fingerprint density at radius 3 is 2.58 bits per heavy atom. The van der Waals surface area contributed by atoms with E-state index >= 15 is 0 Å². The lowest BCUT2D eigenvalue weighted by atomic mass is 9.92. The molecule has 1 saturated heterocycles. The molecule has 0 bridgehead atoms. The Morgan fingerprint density at radius 1 is 1.13 bits per heavy atom. The van der Waals surface area contributed by atoms with Gasteiger partial charge in [0.05, 0.1) is 23.9 Å². The highest BCUT2D eigenvalue weighted by molar-refractivity contribution is 5.79. The van der Waals surface area contributed by atoms with Gasteiger partial charge in [-0.3, -0.25) is 0 Å². The van der Waals surface area contributed by atoms with Gasteiger partial charge in [0.2, 0.25) is 5.95 Å². The minimum atomic E-state index is -0.224. The van der Waals surface area contributed by atoms with Gasteiger partial charge in [0.1, 0.15) is 23.0 Å². The SMILES string of the molecule is COCC1(OC)CCN(c2nccc(Nc3cc4c(cn3)nc(C)n4C(C)C)n2)CC1. The maximum Gasteiger partial charge on any atom is 0.227 e. The highest BCUT2D eigenvalue weighted by Gasteiger charge is 2.35. The first-order valence-corrected chi connectivity index (χ1v) is 10.7. The summed E-state index contributed by atoms with van der Waals surface area (Å²) in [5.74, 6) is 3.14. The number of hydrogen-bond donors (Lipinski definition) is 1. The molecule has 0 spiro atoms. The Bertz CT molecular complexity index is 1040. The largest absolute Gasteiger partial charge is 0.382 e. The van der Waals surface area contributed by atoms with Crippen molar-refractivity contribution in [2.45, 2.75) is 45.3 Å². The van der Waals surface area contributed by atoms with E-state index < -0.39 is 0 Å². The fourth-order valence-electron chi connectivity index (χ4n) is 4.33. The number of aryl methyl sites for hydroxylation is 1. The molecule has 166 valence electrons. The summed E-state index contributed by atoms with van der Waals surface area (Å²) in [6, 6.07) is 4.20. The normalized spacial score (nSPS) is 16.3. The molecule has 0 aromatic carbocycles. The third-order valence-corrected chi connectivity index (χ3v) is 5.97. The third kappa shape index (κ3) is 4.33. The summed E-state index contributed by atoms with van der Waals surface area (Å²) in [4.78, 5) is 20.5. The van der Waals surface area contributed by atoms with Crippen molar-refractivity contribution >= 4 is 28.6 Å². The number of nitrogens with one attached hydrogen (secondary N) is 1. The molecular formula is C22H31N7O2. The van der Waals surface area contributed by atoms with Crippen LogP contribution < -0.4 is 10.2 Å². The summed E-state index contributed by atoms with van der Waals surface area (Å²) in [6.07, 6.45) is 5.32. The molecular weight excluding hydrogens is 394 g/mol. The van der Waals surface area contributed by atoms with Gasteiger partial charge in [-0.05, 0) is 39.7 Å². The monoisotopic (exact) mass is 425 g/mol. The maximum absolute atomic E-state index is 5.75. The standard InChI is InChI=1S/C22H31N7O2/c1-15(2)29-16(3)25-17-13-24-20(12-18(17)29)26-19-6-9-23-21(27-19)28-10-7-22(31-5,8-11-28)14-30-4/h6,9,12-13,15H,7-8,10-11,14H2,1-5H3,(H,23,24,26,27). The molecule has 3 aromatic rings. The molecule has 1 N–H and O–H groups in total. The highest BCUT2D eigenvalue weighted by atomic mass is 16.5. The number of methoxy groups -OCH3 is 2. The molecule has 0 amide bonds. The van der Waals surface area contributed by atoms with Crippen molar-refractivity contribution in [1.82, 2.24) is 24.5 Å². The minimum absolute atomic E-state index is 0.224. The molecule has 0 aliphatic carbocycles. The van der Waals surface area contributed by atoms with Crippen molar-refractivity contribution in [1.29, 1.82) is 0 Å². The second kappa shape index (κ2) is 8.76. The fourth-order valence-corrected chi connectivity index (χ4v) is 4.33. The van der Waals surface area contributed by atoms with Crippen molar-refractivity contribution in [2.75, 3.05) is 44.1 Å². The van der Waals surface area contributed by atoms with Crippen molar-refractivity contribution in [3.8, 4) is 0 Å². The summed E-state index contributed by atoms with van der Waals surface area (Å²) in [5, 5.41) is 3.32. The number of imidazole rings is 1. The number of ether oxygens (including phenoxy) is 2. The zero-order valence-corrected chi connectivity index (χ0v) is 18.9. The van der Waals surface area contributed by atoms with E-state index in [1.54, 1.807) is 26.6 Å². The molecule has 0 saturated carbocycles. The van der Waals surface area contributed by atoms with Crippen LogP contribution in [0.25, 0.3) is 11.0 Å². The van der Waals surface area contributed by atoms with E-state index in [0.717, 1.165) is 48.6 Å². The summed E-state index contributed by atoms with van der Waals surface area (Å²) in [5.41, 5.74) is 1.73. The van der Waals surface area contributed by atoms with E-state index in [2.05, 4.69) is 43.6 Å². The van der Waals surface area contributed by atoms with E-state index in [4.69, 9.17) is 14.5 Å². The van der Waals surface area contributed by atoms with Crippen LogP contribution in [0.5, 0.6) is 0 Å². The van der Waals surface area contributed by atoms with Gasteiger partial charge in [0.15, 0.2) is 0 Å². The van der Waals surface area contributed by atoms with Crippen LogP contribution in [0.2, 0.25) is 0 Å². The Hall–Kier alpha value is -2.78. The molecule has 1 aliphatic heterocycles. The van der Waals surface area contributed by atoms with Crippen LogP contribution in [0.15, 0.2) is 24.5 Å². The van der Waals surface area contributed by atoms with E-state index in [1.807, 2.05) is 19.1 Å². The van der Waals surface area contributed by atoms with E-state index in [9.17, 15) is 0 Å². The van der Waals surface area contributed by atoms with Crippen molar-refractivity contribution in [2.24, 2.45) is 0 Å². The number of pyridine rings is 1. The lowest BCUT2D eigenvalue weighted by Gasteiger charge is -2.40. The second-order valence-electron chi connectivity index (χ2n) is 8.36. The Balaban J connectivity index is 1.51. The van der Waals surface area contributed by atoms with Crippen molar-refractivity contribution in [3.05, 3.63) is 30.4 Å². The number of nitrogens with zero attached hydrogens (tertiary/aromatic N) is 6. The van der Waals surface area contributed by atoms with Crippen LogP contribution in [-0.4, -0.2) is 64.0 Å². The number of aromatic nitrogens is 5. The smallest absolute Gasteiger partial charge is 0.227 e. The molecule has 9 heteroatoms. The molecule has 0 atom stereocenters. The molecule has 0 unspecified atom stereocenters. The van der Waals surface area contributed by atoms with Crippen LogP contribution in [0.4, 0.5) is 17.6 Å². The first-order valence-electron chi connectivity index (χ1n) is 10.7. The van der Waals surface area contributed by atoms with Crippen LogP contribution in [-0.2, 0) is 9.47 Å². The average Bonchev–Trinajstić information content (AvgIpc) is 3.10. The number of anilines is 3. The molecule has 31 heavy (non-hydrogen) atoms. The molecule has 3 aromatic heterocycles. The predicted octanol–water partition coefficient (Wildman–Crippen LogP) is 3.49. The third-order valence-electron chi connectivity index (χ3n) is 5.97. The van der Waals surface area contributed by atoms with E-state index in [-0.39, 0.29) is 5.60 Å². The lowest BCUT2D eigenvalue weighted by Crippen LogP contribution is -2.48. The Labute approximate surface area is 182 Å². The minimum Gasteiger partial charge on any atom is -0.382 e. The maximum atomic E-state index is 5.75. The Kier molecular flexibility index (Phi) is 6.06. The topological polar surface area (TPSA) is 90.2 Å². The zero-order chi connectivity index (χ0) is 22.0. The van der Waals surface area contributed by atoms with Crippen LogP contribution in [0.3, 0.4) is 0 Å². The summed E-state index contributed by atoms with van der Waals surface area (Å²) in [7, 11) is 3.47. The molecule has 0 radical (unpaired) electrons. The summed E-state index contributed by atoms with van der Waals surface area (Å²) < 4.78 is 13.3. The zero-order valence-electron chi connectivity index (χ0n) is 18.9. The van der Waals surface area contributed by atoms with Gasteiger partial charge in [0.25, 0.3) is 0 Å². The molecule has 9 nitrogen and oxygen atoms in total. The molecule has 4 heterocycles. The highest BCUT2D eigenvalue weighted by Crippen LogP contribution is 2.29. The van der Waals surface area contributed by atoms with Gasteiger partial charge >= 0.3 is 0 Å². The number of hydrogen-bond acceptors (Lipinski definition) is 8. The van der Waals surface area contributed by atoms with E-state index in [1.165, 1.54) is 0 Å². The van der Waals surface area contributed by atoms with Crippen LogP contribution in [0.1, 0.15) is 38.6 Å². The van der Waals surface area contributed by atoms with Gasteiger partial charge in [0, 0.05) is 45.6 Å². The Morgan fingerprint density at radius 2 is 1.90 bits per heavy atom. The predicted molar refractivity (Wildman–Crippen MR) is 121 cm³/mol. The average molecular weight is 426 g/mol. The van der Waals surface area contributed by atoms with E-state index in [0.29, 0.717) is 24.4 Å². The van der Waals surface area contributed by atoms with Crippen molar-refractivity contribution in [3.63, 3.8) is 0 Å². The molecule has 4 rings (SSSR count). The summed E-state index contributed by atoms with van der Waals surface area (Å²) in [6.45, 7) is 8.56. The fraction of sp³-hybridized carbons (Fsp3) is 0.545. The number of fused-ring (bicyclic) bond motifs is 1. The summed E-state index contributed by atoms with van der Waals surface area (Å²) >= 11 is 0. The van der Waals surface area contributed by atoms with Gasteiger partial charge in [-0.2, -0.15) is 4.98 Å². The van der Waals surface area contributed by atoms with Crippen LogP contribution >= 0.6 is 0 Å². The quantitative estimate of drug-likeness (QED) is 0.615. The molecule has 1 fully saturated rings. The number of rotatable bonds is 7. The lowest BCUT2D eigenvalue weighted by molar-refractivity contribution is -0.0784. The second-order valence-corrected chi connectivity index (χ2v) is 8.36. The van der Waals surface area contributed by atoms with Crippen LogP contribution in [0, 0.1) is 6.92 Å². The van der Waals surface area contributed by atoms with Crippen molar-refractivity contribution < 1.29 is 9.47 Å². The van der Waals surface area contributed by atoms with Gasteiger partial charge < -0.3 is 24.3 Å². The van der Waals surface area contributed by atoms with Gasteiger partial charge in [-0.1, -0.05) is 0 Å². The van der Waals surface area contributed by atoms with Gasteiger partial charge in [-0.15, -0.1) is 0 Å². The number of piperidine rings is 1.